The van der Waals surface area contributed by atoms with Crippen molar-refractivity contribution in [1.29, 1.82) is 0 Å². The zero-order chi connectivity index (χ0) is 40.3. The van der Waals surface area contributed by atoms with Gasteiger partial charge in [0.2, 0.25) is 0 Å². The standard InChI is InChI=1S/C57H36N4/c1-4-16-37(17-5-1)55-42-23-11-12-24-43(42)56(38-18-6-2-7-19-38)47-34-39(30-31-44(47)55)50-26-14-28-52(59-50)53-29-15-27-51(60-53)46-35-48-49-36-58-33-32-54(49)61(40-20-8-3-9-21-40)57(48)45-25-13-10-22-41(45)46/h1-36H. The van der Waals surface area contributed by atoms with Crippen molar-refractivity contribution in [2.45, 2.75) is 0 Å². The van der Waals surface area contributed by atoms with E-state index in [1.54, 1.807) is 0 Å². The van der Waals surface area contributed by atoms with Crippen molar-refractivity contribution in [2.75, 3.05) is 0 Å². The van der Waals surface area contributed by atoms with Crippen molar-refractivity contribution in [3.05, 3.63) is 219 Å². The van der Waals surface area contributed by atoms with Gasteiger partial charge in [0.15, 0.2) is 0 Å². The molecule has 61 heavy (non-hydrogen) atoms. The lowest BCUT2D eigenvalue weighted by molar-refractivity contribution is 1.18. The number of para-hydroxylation sites is 1. The molecule has 0 saturated carbocycles. The summed E-state index contributed by atoms with van der Waals surface area (Å²) in [6, 6.07) is 73.3. The van der Waals surface area contributed by atoms with Crippen LogP contribution in [0.5, 0.6) is 0 Å². The highest BCUT2D eigenvalue weighted by molar-refractivity contribution is 6.23. The molecule has 4 nitrogen and oxygen atoms in total. The Hall–Kier alpha value is -8.21. The summed E-state index contributed by atoms with van der Waals surface area (Å²) in [6.45, 7) is 0. The maximum absolute atomic E-state index is 5.35. The summed E-state index contributed by atoms with van der Waals surface area (Å²) >= 11 is 0. The van der Waals surface area contributed by atoms with Gasteiger partial charge in [0, 0.05) is 45.4 Å². The molecular weight excluding hydrogens is 741 g/mol. The van der Waals surface area contributed by atoms with E-state index < -0.39 is 0 Å². The molecule has 0 aliphatic rings. The molecule has 0 aliphatic carbocycles. The van der Waals surface area contributed by atoms with Gasteiger partial charge in [-0.3, -0.25) is 4.98 Å². The number of pyridine rings is 3. The molecule has 0 amide bonds. The second-order valence-electron chi connectivity index (χ2n) is 15.5. The van der Waals surface area contributed by atoms with Crippen LogP contribution in [0.25, 0.3) is 116 Å². The summed E-state index contributed by atoms with van der Waals surface area (Å²) in [7, 11) is 0. The molecule has 12 rings (SSSR count). The average molecular weight is 777 g/mol. The Labute approximate surface area is 352 Å². The monoisotopic (exact) mass is 776 g/mol. The smallest absolute Gasteiger partial charge is 0.0893 e. The largest absolute Gasteiger partial charge is 0.309 e. The fourth-order valence-corrected chi connectivity index (χ4v) is 9.41. The van der Waals surface area contributed by atoms with Crippen LogP contribution in [0.1, 0.15) is 0 Å². The minimum atomic E-state index is 0.819. The van der Waals surface area contributed by atoms with Crippen LogP contribution in [0.4, 0.5) is 0 Å². The van der Waals surface area contributed by atoms with Crippen LogP contribution in [-0.4, -0.2) is 19.5 Å². The maximum atomic E-state index is 5.35. The molecule has 0 aliphatic heterocycles. The Morgan fingerprint density at radius 1 is 0.328 bits per heavy atom. The topological polar surface area (TPSA) is 43.6 Å². The summed E-state index contributed by atoms with van der Waals surface area (Å²) in [4.78, 5) is 15.2. The van der Waals surface area contributed by atoms with E-state index in [1.165, 1.54) is 43.8 Å². The molecule has 4 heteroatoms. The lowest BCUT2D eigenvalue weighted by atomic mass is 9.85. The van der Waals surface area contributed by atoms with Crippen LogP contribution < -0.4 is 0 Å². The second-order valence-corrected chi connectivity index (χ2v) is 15.5. The van der Waals surface area contributed by atoms with E-state index in [4.69, 9.17) is 9.97 Å². The highest BCUT2D eigenvalue weighted by atomic mass is 15.0. The first kappa shape index (κ1) is 34.8. The van der Waals surface area contributed by atoms with Gasteiger partial charge in [0.05, 0.1) is 33.8 Å². The molecule has 0 bridgehead atoms. The zero-order valence-electron chi connectivity index (χ0n) is 33.1. The number of hydrogen-bond donors (Lipinski definition) is 0. The normalized spacial score (nSPS) is 11.6. The van der Waals surface area contributed by atoms with Crippen LogP contribution in [0.15, 0.2) is 219 Å². The van der Waals surface area contributed by atoms with Crippen LogP contribution >= 0.6 is 0 Å². The van der Waals surface area contributed by atoms with Crippen molar-refractivity contribution in [3.63, 3.8) is 0 Å². The minimum absolute atomic E-state index is 0.819. The lowest BCUT2D eigenvalue weighted by Crippen LogP contribution is -1.95. The number of fused-ring (bicyclic) bond motifs is 7. The van der Waals surface area contributed by atoms with Gasteiger partial charge in [-0.1, -0.05) is 152 Å². The fraction of sp³-hybridized carbons (Fsp3) is 0. The van der Waals surface area contributed by atoms with Crippen molar-refractivity contribution < 1.29 is 0 Å². The molecular formula is C57H36N4. The van der Waals surface area contributed by atoms with Crippen LogP contribution in [0, 0.1) is 0 Å². The van der Waals surface area contributed by atoms with Gasteiger partial charge in [0.25, 0.3) is 0 Å². The number of hydrogen-bond acceptors (Lipinski definition) is 3. The summed E-state index contributed by atoms with van der Waals surface area (Å²) in [5.74, 6) is 0. The van der Waals surface area contributed by atoms with Crippen LogP contribution in [0.2, 0.25) is 0 Å². The molecule has 284 valence electrons. The number of aromatic nitrogens is 4. The molecule has 0 unspecified atom stereocenters. The fourth-order valence-electron chi connectivity index (χ4n) is 9.41. The summed E-state index contributed by atoms with van der Waals surface area (Å²) in [5, 5.41) is 9.43. The van der Waals surface area contributed by atoms with E-state index in [2.05, 4.69) is 216 Å². The van der Waals surface area contributed by atoms with E-state index >= 15 is 0 Å². The Kier molecular flexibility index (Phi) is 8.13. The zero-order valence-corrected chi connectivity index (χ0v) is 33.1. The molecule has 12 aromatic rings. The molecule has 4 aromatic heterocycles. The van der Waals surface area contributed by atoms with Gasteiger partial charge in [0.1, 0.15) is 0 Å². The minimum Gasteiger partial charge on any atom is -0.309 e. The second kappa shape index (κ2) is 14.3. The Balaban J connectivity index is 1.02. The van der Waals surface area contributed by atoms with E-state index in [9.17, 15) is 0 Å². The molecule has 8 aromatic carbocycles. The molecule has 4 heterocycles. The van der Waals surface area contributed by atoms with Gasteiger partial charge >= 0.3 is 0 Å². The highest BCUT2D eigenvalue weighted by Crippen LogP contribution is 2.45. The van der Waals surface area contributed by atoms with Gasteiger partial charge in [-0.25, -0.2) is 9.97 Å². The first-order chi connectivity index (χ1) is 30.3. The van der Waals surface area contributed by atoms with E-state index in [1.807, 2.05) is 12.4 Å². The Morgan fingerprint density at radius 2 is 0.869 bits per heavy atom. The molecule has 0 fully saturated rings. The average Bonchev–Trinajstić information content (AvgIpc) is 3.68. The summed E-state index contributed by atoms with van der Waals surface area (Å²) in [5.41, 5.74) is 13.8. The number of nitrogens with zero attached hydrogens (tertiary/aromatic N) is 4. The predicted octanol–water partition coefficient (Wildman–Crippen LogP) is 14.8. The SMILES string of the molecule is c1ccc(-c2c3ccccc3c(-c3ccccc3)c3cc(-c4cccc(-c5cccc(-c6cc7c8cnccc8n(-c8ccccc8)c7c7ccccc67)n5)n4)ccc23)cc1. The molecule has 0 atom stereocenters. The first-order valence-corrected chi connectivity index (χ1v) is 20.7. The van der Waals surface area contributed by atoms with Crippen molar-refractivity contribution >= 4 is 54.1 Å². The van der Waals surface area contributed by atoms with Gasteiger partial charge in [-0.2, -0.15) is 0 Å². The quantitative estimate of drug-likeness (QED) is 0.158. The van der Waals surface area contributed by atoms with E-state index in [-0.39, 0.29) is 0 Å². The van der Waals surface area contributed by atoms with Crippen molar-refractivity contribution in [3.8, 4) is 61.8 Å². The first-order valence-electron chi connectivity index (χ1n) is 20.7. The summed E-state index contributed by atoms with van der Waals surface area (Å²) < 4.78 is 2.36. The highest BCUT2D eigenvalue weighted by Gasteiger charge is 2.20. The van der Waals surface area contributed by atoms with Crippen LogP contribution in [0.3, 0.4) is 0 Å². The third kappa shape index (κ3) is 5.72. The van der Waals surface area contributed by atoms with Crippen LogP contribution in [-0.2, 0) is 0 Å². The molecule has 0 radical (unpaired) electrons. The van der Waals surface area contributed by atoms with Gasteiger partial charge in [-0.05, 0) is 104 Å². The number of rotatable bonds is 6. The van der Waals surface area contributed by atoms with Crippen molar-refractivity contribution in [2.24, 2.45) is 0 Å². The third-order valence-electron chi connectivity index (χ3n) is 12.1. The van der Waals surface area contributed by atoms with Gasteiger partial charge in [-0.15, -0.1) is 0 Å². The number of benzene rings is 8. The van der Waals surface area contributed by atoms with Crippen molar-refractivity contribution in [1.82, 2.24) is 19.5 Å². The Bertz CT molecular complexity index is 3630. The third-order valence-corrected chi connectivity index (χ3v) is 12.1. The predicted molar refractivity (Wildman–Crippen MR) is 254 cm³/mol. The van der Waals surface area contributed by atoms with Gasteiger partial charge < -0.3 is 4.57 Å². The molecule has 0 N–H and O–H groups in total. The van der Waals surface area contributed by atoms with E-state index in [0.29, 0.717) is 0 Å². The molecule has 0 saturated heterocycles. The summed E-state index contributed by atoms with van der Waals surface area (Å²) in [6.07, 6.45) is 3.86. The lowest BCUT2D eigenvalue weighted by Gasteiger charge is -2.18. The molecule has 0 spiro atoms. The maximum Gasteiger partial charge on any atom is 0.0893 e. The Morgan fingerprint density at radius 3 is 1.56 bits per heavy atom. The van der Waals surface area contributed by atoms with E-state index in [0.717, 1.165) is 72.2 Å².